The minimum Gasteiger partial charge on any atom is -0.379 e. The molecule has 2 N–H and O–H groups in total. The molecular weight excluding hydrogens is 362 g/mol. The first-order chi connectivity index (χ1) is 13.2. The van der Waals surface area contributed by atoms with E-state index >= 15 is 0 Å². The van der Waals surface area contributed by atoms with Gasteiger partial charge < -0.3 is 15.4 Å². The van der Waals surface area contributed by atoms with Crippen LogP contribution in [-0.2, 0) is 22.6 Å². The van der Waals surface area contributed by atoms with Crippen molar-refractivity contribution in [3.63, 3.8) is 0 Å². The molecule has 6 heteroatoms. The Hall–Kier alpha value is -1.92. The predicted octanol–water partition coefficient (Wildman–Crippen LogP) is 3.29. The molecule has 1 fully saturated rings. The molecule has 1 heterocycles. The van der Waals surface area contributed by atoms with E-state index < -0.39 is 0 Å². The summed E-state index contributed by atoms with van der Waals surface area (Å²) in [7, 11) is 0. The van der Waals surface area contributed by atoms with Crippen molar-refractivity contribution in [1.29, 1.82) is 0 Å². The van der Waals surface area contributed by atoms with Crippen LogP contribution in [0.5, 0.6) is 0 Å². The Kier molecular flexibility index (Phi) is 7.66. The quantitative estimate of drug-likeness (QED) is 0.729. The van der Waals surface area contributed by atoms with Crippen molar-refractivity contribution in [2.24, 2.45) is 0 Å². The van der Waals surface area contributed by atoms with Crippen LogP contribution < -0.4 is 10.6 Å². The van der Waals surface area contributed by atoms with Crippen molar-refractivity contribution in [2.45, 2.75) is 19.5 Å². The Labute approximate surface area is 165 Å². The number of ether oxygens (including phenoxy) is 1. The second kappa shape index (κ2) is 10.4. The second-order valence-electron chi connectivity index (χ2n) is 6.69. The Bertz CT molecular complexity index is 748. The van der Waals surface area contributed by atoms with Gasteiger partial charge in [0.1, 0.15) is 0 Å². The highest BCUT2D eigenvalue weighted by atomic mass is 35.5. The highest BCUT2D eigenvalue weighted by Crippen LogP contribution is 2.13. The van der Waals surface area contributed by atoms with Gasteiger partial charge in [-0.3, -0.25) is 9.69 Å². The fourth-order valence-electron chi connectivity index (χ4n) is 3.07. The molecule has 5 nitrogen and oxygen atoms in total. The molecule has 144 valence electrons. The molecule has 3 rings (SSSR count). The summed E-state index contributed by atoms with van der Waals surface area (Å²) in [6.45, 7) is 5.57. The number of rotatable bonds is 8. The van der Waals surface area contributed by atoms with Gasteiger partial charge in [0.2, 0.25) is 5.91 Å². The number of benzene rings is 2. The fraction of sp³-hybridized carbons (Fsp3) is 0.381. The Morgan fingerprint density at radius 2 is 1.74 bits per heavy atom. The van der Waals surface area contributed by atoms with E-state index in [2.05, 4.69) is 15.5 Å². The van der Waals surface area contributed by atoms with E-state index in [0.29, 0.717) is 6.42 Å². The molecule has 2 aromatic rings. The highest BCUT2D eigenvalue weighted by Gasteiger charge is 2.12. The number of carbonyl (C=O) groups is 1. The predicted molar refractivity (Wildman–Crippen MR) is 109 cm³/mol. The summed E-state index contributed by atoms with van der Waals surface area (Å²) in [4.78, 5) is 14.5. The van der Waals surface area contributed by atoms with Gasteiger partial charge in [-0.2, -0.15) is 0 Å². The summed E-state index contributed by atoms with van der Waals surface area (Å²) in [6, 6.07) is 15.8. The SMILES string of the molecule is O=C(CCN1CCOCC1)Nc1cccc(CNCc2cccc(Cl)c2)c1. The lowest BCUT2D eigenvalue weighted by Gasteiger charge is -2.26. The molecule has 0 aliphatic carbocycles. The lowest BCUT2D eigenvalue weighted by atomic mass is 10.2. The molecule has 1 amide bonds. The smallest absolute Gasteiger partial charge is 0.225 e. The number of morpholine rings is 1. The van der Waals surface area contributed by atoms with E-state index in [0.717, 1.165) is 67.8 Å². The fourth-order valence-corrected chi connectivity index (χ4v) is 3.28. The van der Waals surface area contributed by atoms with Crippen LogP contribution in [-0.4, -0.2) is 43.7 Å². The summed E-state index contributed by atoms with van der Waals surface area (Å²) in [5.41, 5.74) is 3.11. The maximum Gasteiger partial charge on any atom is 0.225 e. The first-order valence-electron chi connectivity index (χ1n) is 9.33. The maximum absolute atomic E-state index is 12.2. The minimum absolute atomic E-state index is 0.0468. The minimum atomic E-state index is 0.0468. The van der Waals surface area contributed by atoms with Crippen LogP contribution in [0.15, 0.2) is 48.5 Å². The van der Waals surface area contributed by atoms with Gasteiger partial charge in [0, 0.05) is 49.9 Å². The molecule has 0 saturated carbocycles. The summed E-state index contributed by atoms with van der Waals surface area (Å²) in [5, 5.41) is 7.15. The number of anilines is 1. The van der Waals surface area contributed by atoms with Gasteiger partial charge in [-0.25, -0.2) is 0 Å². The third kappa shape index (κ3) is 6.96. The number of carbonyl (C=O) groups excluding carboxylic acids is 1. The van der Waals surface area contributed by atoms with Crippen LogP contribution in [0.2, 0.25) is 5.02 Å². The highest BCUT2D eigenvalue weighted by molar-refractivity contribution is 6.30. The topological polar surface area (TPSA) is 53.6 Å². The molecule has 0 bridgehead atoms. The van der Waals surface area contributed by atoms with Gasteiger partial charge >= 0.3 is 0 Å². The first kappa shape index (κ1) is 19.8. The lowest BCUT2D eigenvalue weighted by Crippen LogP contribution is -2.38. The number of halogens is 1. The summed E-state index contributed by atoms with van der Waals surface area (Å²) >= 11 is 6.01. The van der Waals surface area contributed by atoms with Crippen LogP contribution in [0.25, 0.3) is 0 Å². The normalized spacial score (nSPS) is 14.9. The summed E-state index contributed by atoms with van der Waals surface area (Å²) < 4.78 is 5.33. The molecule has 0 atom stereocenters. The molecule has 0 radical (unpaired) electrons. The summed E-state index contributed by atoms with van der Waals surface area (Å²) in [6.07, 6.45) is 0.497. The lowest BCUT2D eigenvalue weighted by molar-refractivity contribution is -0.116. The Morgan fingerprint density at radius 3 is 2.48 bits per heavy atom. The number of amides is 1. The molecule has 1 aliphatic rings. The van der Waals surface area contributed by atoms with Crippen LogP contribution in [0.4, 0.5) is 5.69 Å². The largest absolute Gasteiger partial charge is 0.379 e. The van der Waals surface area contributed by atoms with Crippen molar-refractivity contribution in [2.75, 3.05) is 38.2 Å². The van der Waals surface area contributed by atoms with Gasteiger partial charge in [-0.1, -0.05) is 35.9 Å². The summed E-state index contributed by atoms with van der Waals surface area (Å²) in [5.74, 6) is 0.0468. The average molecular weight is 388 g/mol. The van der Waals surface area contributed by atoms with E-state index in [-0.39, 0.29) is 5.91 Å². The van der Waals surface area contributed by atoms with Crippen molar-refractivity contribution in [3.8, 4) is 0 Å². The van der Waals surface area contributed by atoms with E-state index in [1.54, 1.807) is 0 Å². The van der Waals surface area contributed by atoms with Crippen molar-refractivity contribution in [3.05, 3.63) is 64.7 Å². The van der Waals surface area contributed by atoms with E-state index in [4.69, 9.17) is 16.3 Å². The van der Waals surface area contributed by atoms with Gasteiger partial charge in [0.25, 0.3) is 0 Å². The van der Waals surface area contributed by atoms with Crippen LogP contribution >= 0.6 is 11.6 Å². The zero-order valence-corrected chi connectivity index (χ0v) is 16.2. The van der Waals surface area contributed by atoms with Gasteiger partial charge in [-0.15, -0.1) is 0 Å². The zero-order chi connectivity index (χ0) is 18.9. The number of hydrogen-bond acceptors (Lipinski definition) is 4. The number of nitrogens with one attached hydrogen (secondary N) is 2. The molecule has 0 aromatic heterocycles. The zero-order valence-electron chi connectivity index (χ0n) is 15.4. The van der Waals surface area contributed by atoms with Gasteiger partial charge in [-0.05, 0) is 35.4 Å². The van der Waals surface area contributed by atoms with Crippen molar-refractivity contribution < 1.29 is 9.53 Å². The third-order valence-electron chi connectivity index (χ3n) is 4.52. The van der Waals surface area contributed by atoms with E-state index in [9.17, 15) is 4.79 Å². The van der Waals surface area contributed by atoms with Crippen LogP contribution in [0.3, 0.4) is 0 Å². The molecule has 0 spiro atoms. The maximum atomic E-state index is 12.2. The number of nitrogens with zero attached hydrogens (tertiary/aromatic N) is 1. The molecule has 27 heavy (non-hydrogen) atoms. The molecule has 0 unspecified atom stereocenters. The van der Waals surface area contributed by atoms with Crippen molar-refractivity contribution in [1.82, 2.24) is 10.2 Å². The van der Waals surface area contributed by atoms with Crippen molar-refractivity contribution >= 4 is 23.2 Å². The van der Waals surface area contributed by atoms with E-state index in [1.165, 1.54) is 0 Å². The Balaban J connectivity index is 1.43. The van der Waals surface area contributed by atoms with Gasteiger partial charge in [0.05, 0.1) is 13.2 Å². The monoisotopic (exact) mass is 387 g/mol. The average Bonchev–Trinajstić information content (AvgIpc) is 2.68. The van der Waals surface area contributed by atoms with E-state index in [1.807, 2.05) is 48.5 Å². The number of hydrogen-bond donors (Lipinski definition) is 2. The molecule has 2 aromatic carbocycles. The van der Waals surface area contributed by atoms with Crippen LogP contribution in [0.1, 0.15) is 17.5 Å². The first-order valence-corrected chi connectivity index (χ1v) is 9.71. The third-order valence-corrected chi connectivity index (χ3v) is 4.75. The molecule has 1 aliphatic heterocycles. The van der Waals surface area contributed by atoms with Crippen LogP contribution in [0, 0.1) is 0 Å². The Morgan fingerprint density at radius 1 is 1.04 bits per heavy atom. The molecule has 1 saturated heterocycles. The standard InChI is InChI=1S/C21H26ClN3O2/c22-19-5-1-3-17(13-19)15-23-16-18-4-2-6-20(14-18)24-21(26)7-8-25-9-11-27-12-10-25/h1-6,13-14,23H,7-12,15-16H2,(H,24,26). The molecular formula is C21H26ClN3O2. The van der Waals surface area contributed by atoms with Gasteiger partial charge in [0.15, 0.2) is 0 Å². The second-order valence-corrected chi connectivity index (χ2v) is 7.12.